The van der Waals surface area contributed by atoms with E-state index in [2.05, 4.69) is 30.5 Å². The fourth-order valence-corrected chi connectivity index (χ4v) is 3.07. The third kappa shape index (κ3) is 2.93. The van der Waals surface area contributed by atoms with Crippen molar-refractivity contribution in [2.45, 2.75) is 38.8 Å². The first-order chi connectivity index (χ1) is 9.78. The van der Waals surface area contributed by atoms with E-state index in [0.717, 1.165) is 31.4 Å². The van der Waals surface area contributed by atoms with Gasteiger partial charge in [-0.2, -0.15) is 0 Å². The second kappa shape index (κ2) is 5.80. The van der Waals surface area contributed by atoms with Crippen molar-refractivity contribution in [2.75, 3.05) is 0 Å². The molecule has 1 aliphatic rings. The molecule has 2 nitrogen and oxygen atoms in total. The molecule has 2 aromatic rings. The van der Waals surface area contributed by atoms with Crippen LogP contribution in [0.15, 0.2) is 41.8 Å². The Bertz CT molecular complexity index is 570. The Morgan fingerprint density at radius 3 is 2.55 bits per heavy atom. The molecule has 0 N–H and O–H groups in total. The molecule has 3 heteroatoms. The van der Waals surface area contributed by atoms with Crippen molar-refractivity contribution in [3.63, 3.8) is 0 Å². The van der Waals surface area contributed by atoms with E-state index >= 15 is 0 Å². The third-order valence-electron chi connectivity index (χ3n) is 3.76. The molecule has 1 heterocycles. The van der Waals surface area contributed by atoms with Gasteiger partial charge in [0.25, 0.3) is 5.91 Å². The summed E-state index contributed by atoms with van der Waals surface area (Å²) in [5, 5.41) is 2.07. The second-order valence-electron chi connectivity index (χ2n) is 5.29. The smallest absolute Gasteiger partial charge is 0.254 e. The maximum Gasteiger partial charge on any atom is 0.254 e. The molecular weight excluding hydrogens is 266 g/mol. The molecule has 0 radical (unpaired) electrons. The summed E-state index contributed by atoms with van der Waals surface area (Å²) in [7, 11) is 0. The molecule has 104 valence electrons. The Hall–Kier alpha value is -1.61. The Kier molecular flexibility index (Phi) is 3.88. The monoisotopic (exact) mass is 285 g/mol. The highest BCUT2D eigenvalue weighted by atomic mass is 32.1. The summed E-state index contributed by atoms with van der Waals surface area (Å²) in [5.41, 5.74) is 2.09. The van der Waals surface area contributed by atoms with Gasteiger partial charge in [0.05, 0.1) is 6.54 Å². The number of aryl methyl sites for hydroxylation is 1. The molecule has 1 aromatic carbocycles. The Morgan fingerprint density at radius 2 is 2.00 bits per heavy atom. The molecule has 0 aliphatic heterocycles. The number of rotatable bonds is 5. The number of carbonyl (C=O) groups is 1. The van der Waals surface area contributed by atoms with Gasteiger partial charge in [0.2, 0.25) is 0 Å². The van der Waals surface area contributed by atoms with E-state index < -0.39 is 0 Å². The molecule has 3 rings (SSSR count). The summed E-state index contributed by atoms with van der Waals surface area (Å²) in [6, 6.07) is 12.6. The van der Waals surface area contributed by atoms with Gasteiger partial charge in [-0.25, -0.2) is 0 Å². The molecule has 1 aliphatic carbocycles. The fourth-order valence-electron chi connectivity index (χ4n) is 2.37. The number of nitrogens with zero attached hydrogens (tertiary/aromatic N) is 1. The van der Waals surface area contributed by atoms with Gasteiger partial charge in [0.15, 0.2) is 0 Å². The van der Waals surface area contributed by atoms with Crippen molar-refractivity contribution in [2.24, 2.45) is 0 Å². The first-order valence-corrected chi connectivity index (χ1v) is 8.08. The number of hydrogen-bond donors (Lipinski definition) is 0. The van der Waals surface area contributed by atoms with Crippen molar-refractivity contribution in [1.82, 2.24) is 4.90 Å². The highest BCUT2D eigenvalue weighted by Gasteiger charge is 2.33. The number of thiophene rings is 1. The van der Waals surface area contributed by atoms with Gasteiger partial charge in [0.1, 0.15) is 0 Å². The standard InChI is InChI=1S/C17H19NOS/c1-2-13-5-7-14(8-6-13)17(19)18(15-9-10-15)12-16-4-3-11-20-16/h3-8,11,15H,2,9-10,12H2,1H3. The predicted molar refractivity (Wildman–Crippen MR) is 83.0 cm³/mol. The van der Waals surface area contributed by atoms with Crippen LogP contribution in [0.25, 0.3) is 0 Å². The molecule has 0 saturated heterocycles. The number of amides is 1. The van der Waals surface area contributed by atoms with E-state index in [1.54, 1.807) is 11.3 Å². The topological polar surface area (TPSA) is 20.3 Å². The van der Waals surface area contributed by atoms with Crippen LogP contribution < -0.4 is 0 Å². The van der Waals surface area contributed by atoms with Crippen LogP contribution in [-0.2, 0) is 13.0 Å². The molecule has 0 atom stereocenters. The van der Waals surface area contributed by atoms with E-state index in [1.165, 1.54) is 10.4 Å². The minimum absolute atomic E-state index is 0.170. The van der Waals surface area contributed by atoms with Crippen LogP contribution in [0.2, 0.25) is 0 Å². The fraction of sp³-hybridized carbons (Fsp3) is 0.353. The van der Waals surface area contributed by atoms with Crippen LogP contribution in [0, 0.1) is 0 Å². The molecule has 0 bridgehead atoms. The lowest BCUT2D eigenvalue weighted by Gasteiger charge is -2.22. The van der Waals surface area contributed by atoms with Crippen LogP contribution in [0.3, 0.4) is 0 Å². The van der Waals surface area contributed by atoms with Gasteiger partial charge in [-0.1, -0.05) is 25.1 Å². The Morgan fingerprint density at radius 1 is 1.25 bits per heavy atom. The highest BCUT2D eigenvalue weighted by molar-refractivity contribution is 7.09. The highest BCUT2D eigenvalue weighted by Crippen LogP contribution is 2.30. The Labute approximate surface area is 124 Å². The van der Waals surface area contributed by atoms with Crippen molar-refractivity contribution in [3.8, 4) is 0 Å². The van der Waals surface area contributed by atoms with Crippen molar-refractivity contribution in [3.05, 3.63) is 57.8 Å². The van der Waals surface area contributed by atoms with Gasteiger partial charge in [0, 0.05) is 16.5 Å². The molecular formula is C17H19NOS. The SMILES string of the molecule is CCc1ccc(C(=O)N(Cc2cccs2)C2CC2)cc1. The van der Waals surface area contributed by atoms with Gasteiger partial charge in [-0.05, 0) is 48.4 Å². The zero-order chi connectivity index (χ0) is 13.9. The molecule has 1 amide bonds. The quantitative estimate of drug-likeness (QED) is 0.809. The van der Waals surface area contributed by atoms with E-state index in [9.17, 15) is 4.79 Å². The molecule has 1 fully saturated rings. The maximum atomic E-state index is 12.7. The summed E-state index contributed by atoms with van der Waals surface area (Å²) in [4.78, 5) is 16.0. The van der Waals surface area contributed by atoms with Crippen LogP contribution in [0.5, 0.6) is 0 Å². The average Bonchev–Trinajstić information content (AvgIpc) is 3.21. The van der Waals surface area contributed by atoms with Crippen molar-refractivity contribution in [1.29, 1.82) is 0 Å². The summed E-state index contributed by atoms with van der Waals surface area (Å²) in [5.74, 6) is 0.170. The lowest BCUT2D eigenvalue weighted by molar-refractivity contribution is 0.0731. The predicted octanol–water partition coefficient (Wildman–Crippen LogP) is 4.12. The van der Waals surface area contributed by atoms with Gasteiger partial charge in [-0.3, -0.25) is 4.79 Å². The van der Waals surface area contributed by atoms with Gasteiger partial charge >= 0.3 is 0 Å². The summed E-state index contributed by atoms with van der Waals surface area (Å²) in [6.07, 6.45) is 3.30. The minimum Gasteiger partial charge on any atom is -0.331 e. The first-order valence-electron chi connectivity index (χ1n) is 7.20. The summed E-state index contributed by atoms with van der Waals surface area (Å²) < 4.78 is 0. The molecule has 0 unspecified atom stereocenters. The summed E-state index contributed by atoms with van der Waals surface area (Å²) in [6.45, 7) is 2.88. The lowest BCUT2D eigenvalue weighted by atomic mass is 10.1. The zero-order valence-corrected chi connectivity index (χ0v) is 12.5. The average molecular weight is 285 g/mol. The number of hydrogen-bond acceptors (Lipinski definition) is 2. The van der Waals surface area contributed by atoms with E-state index in [-0.39, 0.29) is 5.91 Å². The number of carbonyl (C=O) groups excluding carboxylic acids is 1. The largest absolute Gasteiger partial charge is 0.331 e. The van der Waals surface area contributed by atoms with Crippen LogP contribution >= 0.6 is 11.3 Å². The minimum atomic E-state index is 0.170. The zero-order valence-electron chi connectivity index (χ0n) is 11.7. The molecule has 0 spiro atoms. The maximum absolute atomic E-state index is 12.7. The lowest BCUT2D eigenvalue weighted by Crippen LogP contribution is -2.32. The van der Waals surface area contributed by atoms with Gasteiger partial charge in [-0.15, -0.1) is 11.3 Å². The van der Waals surface area contributed by atoms with Crippen LogP contribution in [-0.4, -0.2) is 16.8 Å². The van der Waals surface area contributed by atoms with Crippen LogP contribution in [0.4, 0.5) is 0 Å². The van der Waals surface area contributed by atoms with E-state index in [4.69, 9.17) is 0 Å². The van der Waals surface area contributed by atoms with E-state index in [0.29, 0.717) is 6.04 Å². The third-order valence-corrected chi connectivity index (χ3v) is 4.63. The molecule has 20 heavy (non-hydrogen) atoms. The first kappa shape index (κ1) is 13.4. The van der Waals surface area contributed by atoms with Gasteiger partial charge < -0.3 is 4.90 Å². The van der Waals surface area contributed by atoms with Crippen molar-refractivity contribution < 1.29 is 4.79 Å². The summed E-state index contributed by atoms with van der Waals surface area (Å²) >= 11 is 1.72. The van der Waals surface area contributed by atoms with Crippen LogP contribution in [0.1, 0.15) is 40.6 Å². The molecule has 1 aromatic heterocycles. The Balaban J connectivity index is 1.77. The second-order valence-corrected chi connectivity index (χ2v) is 6.33. The molecule has 1 saturated carbocycles. The normalized spacial score (nSPS) is 14.2. The van der Waals surface area contributed by atoms with E-state index in [1.807, 2.05) is 23.1 Å². The number of benzene rings is 1. The van der Waals surface area contributed by atoms with Crippen molar-refractivity contribution >= 4 is 17.2 Å².